The number of ether oxygens (including phenoxy) is 1. The third kappa shape index (κ3) is 5.28. The number of hydrogen-bond acceptors (Lipinski definition) is 5. The smallest absolute Gasteiger partial charge is 0.326 e. The highest BCUT2D eigenvalue weighted by molar-refractivity contribution is 5.96. The maximum absolute atomic E-state index is 12.4. The van der Waals surface area contributed by atoms with Crippen LogP contribution in [0.15, 0.2) is 33.9 Å². The quantitative estimate of drug-likeness (QED) is 0.530. The Morgan fingerprint density at radius 1 is 1.14 bits per heavy atom. The zero-order valence-electron chi connectivity index (χ0n) is 16.6. The Morgan fingerprint density at radius 2 is 1.83 bits per heavy atom. The maximum atomic E-state index is 12.4. The molecule has 1 aromatic carbocycles. The van der Waals surface area contributed by atoms with Crippen LogP contribution in [-0.2, 0) is 0 Å². The Labute approximate surface area is 168 Å². The first kappa shape index (κ1) is 20.7. The predicted molar refractivity (Wildman–Crippen MR) is 111 cm³/mol. The van der Waals surface area contributed by atoms with Crippen LogP contribution in [-0.4, -0.2) is 28.5 Å². The molecule has 0 aliphatic heterocycles. The van der Waals surface area contributed by atoms with Gasteiger partial charge >= 0.3 is 5.69 Å². The number of rotatable bonds is 7. The van der Waals surface area contributed by atoms with Gasteiger partial charge in [0, 0.05) is 6.04 Å². The highest BCUT2D eigenvalue weighted by atomic mass is 16.5. The fraction of sp³-hybridized carbons (Fsp3) is 0.476. The normalized spacial score (nSPS) is 18.9. The molecule has 3 rings (SSSR count). The first-order valence-corrected chi connectivity index (χ1v) is 10.1. The lowest BCUT2D eigenvalue weighted by Gasteiger charge is -2.29. The van der Waals surface area contributed by atoms with Crippen LogP contribution in [0, 0.1) is 0 Å². The summed E-state index contributed by atoms with van der Waals surface area (Å²) in [6, 6.07) is 8.26. The summed E-state index contributed by atoms with van der Waals surface area (Å²) in [7, 11) is 0. The van der Waals surface area contributed by atoms with Gasteiger partial charge in [0.25, 0.3) is 11.5 Å². The highest BCUT2D eigenvalue weighted by Gasteiger charge is 2.25. The molecule has 1 heterocycles. The summed E-state index contributed by atoms with van der Waals surface area (Å²) in [5.41, 5.74) is 4.93. The number of nitrogens with two attached hydrogens (primary N) is 1. The molecular weight excluding hydrogens is 372 g/mol. The average Bonchev–Trinajstić information content (AvgIpc) is 2.72. The molecule has 8 nitrogen and oxygen atoms in total. The molecule has 1 aliphatic carbocycles. The molecule has 0 bridgehead atoms. The van der Waals surface area contributed by atoms with Crippen molar-refractivity contribution in [1.29, 1.82) is 0 Å². The number of nitrogens with one attached hydrogen (secondary N) is 3. The minimum Gasteiger partial charge on any atom is -0.494 e. The van der Waals surface area contributed by atoms with Crippen LogP contribution >= 0.6 is 0 Å². The summed E-state index contributed by atoms with van der Waals surface area (Å²) in [6.45, 7) is 2.88. The number of benzene rings is 1. The lowest BCUT2D eigenvalue weighted by atomic mass is 9.81. The van der Waals surface area contributed by atoms with Crippen LogP contribution in [0.4, 0.5) is 5.69 Å². The summed E-state index contributed by atoms with van der Waals surface area (Å²) in [6.07, 6.45) is 5.69. The summed E-state index contributed by atoms with van der Waals surface area (Å²) in [5.74, 6) is 0.813. The van der Waals surface area contributed by atoms with Crippen molar-refractivity contribution in [3.05, 3.63) is 56.4 Å². The zero-order chi connectivity index (χ0) is 20.8. The van der Waals surface area contributed by atoms with Gasteiger partial charge in [-0.2, -0.15) is 0 Å². The molecule has 0 spiro atoms. The summed E-state index contributed by atoms with van der Waals surface area (Å²) < 4.78 is 5.71. The van der Waals surface area contributed by atoms with E-state index < -0.39 is 17.2 Å². The van der Waals surface area contributed by atoms with Gasteiger partial charge in [0.15, 0.2) is 0 Å². The molecule has 1 aromatic heterocycles. The van der Waals surface area contributed by atoms with E-state index in [9.17, 15) is 14.4 Å². The van der Waals surface area contributed by atoms with Gasteiger partial charge in [0.1, 0.15) is 17.1 Å². The molecule has 0 radical (unpaired) electrons. The van der Waals surface area contributed by atoms with E-state index in [1.54, 1.807) is 0 Å². The molecule has 1 fully saturated rings. The number of carbonyl (C=O) groups is 1. The largest absolute Gasteiger partial charge is 0.494 e. The number of H-pyrrole nitrogens is 2. The summed E-state index contributed by atoms with van der Waals surface area (Å²) in [4.78, 5) is 39.7. The molecule has 29 heavy (non-hydrogen) atoms. The van der Waals surface area contributed by atoms with Crippen LogP contribution in [0.2, 0.25) is 0 Å². The van der Waals surface area contributed by atoms with Crippen LogP contribution in [0.5, 0.6) is 5.75 Å². The fourth-order valence-electron chi connectivity index (χ4n) is 3.67. The second-order valence-corrected chi connectivity index (χ2v) is 7.49. The Morgan fingerprint density at radius 3 is 2.48 bits per heavy atom. The van der Waals surface area contributed by atoms with Crippen molar-refractivity contribution in [2.75, 3.05) is 12.3 Å². The van der Waals surface area contributed by atoms with Crippen LogP contribution < -0.4 is 27.0 Å². The van der Waals surface area contributed by atoms with Gasteiger partial charge in [0.05, 0.1) is 6.61 Å². The van der Waals surface area contributed by atoms with Gasteiger partial charge in [0.2, 0.25) is 0 Å². The second kappa shape index (κ2) is 9.45. The first-order chi connectivity index (χ1) is 14.0. The number of aromatic nitrogens is 2. The van der Waals surface area contributed by atoms with Gasteiger partial charge in [-0.3, -0.25) is 14.6 Å². The van der Waals surface area contributed by atoms with E-state index in [1.807, 2.05) is 17.1 Å². The molecule has 1 amide bonds. The summed E-state index contributed by atoms with van der Waals surface area (Å²) >= 11 is 0. The maximum Gasteiger partial charge on any atom is 0.326 e. The van der Waals surface area contributed by atoms with E-state index in [0.717, 1.165) is 50.9 Å². The van der Waals surface area contributed by atoms with Gasteiger partial charge in [-0.25, -0.2) is 4.79 Å². The molecule has 0 saturated heterocycles. The minimum absolute atomic E-state index is 0.0161. The lowest BCUT2D eigenvalue weighted by Crippen LogP contribution is -2.40. The van der Waals surface area contributed by atoms with Crippen molar-refractivity contribution in [2.45, 2.75) is 57.4 Å². The Balaban J connectivity index is 1.53. The SMILES string of the molecule is CCCCOc1ccc([C@H]2CC[C@@H](NC(=O)c3[nH]c(=O)[nH]c(=O)c3N)CC2)cc1. The van der Waals surface area contributed by atoms with E-state index in [-0.39, 0.29) is 17.4 Å². The molecule has 0 unspecified atom stereocenters. The monoisotopic (exact) mass is 400 g/mol. The molecule has 1 saturated carbocycles. The van der Waals surface area contributed by atoms with Crippen LogP contribution in [0.3, 0.4) is 0 Å². The lowest BCUT2D eigenvalue weighted by molar-refractivity contribution is 0.0921. The van der Waals surface area contributed by atoms with E-state index in [1.165, 1.54) is 5.56 Å². The number of nitrogen functional groups attached to an aromatic ring is 1. The number of carbonyl (C=O) groups excluding carboxylic acids is 1. The molecule has 5 N–H and O–H groups in total. The van der Waals surface area contributed by atoms with E-state index in [0.29, 0.717) is 5.92 Å². The third-order valence-corrected chi connectivity index (χ3v) is 5.39. The fourth-order valence-corrected chi connectivity index (χ4v) is 3.67. The van der Waals surface area contributed by atoms with Crippen molar-refractivity contribution in [2.24, 2.45) is 0 Å². The molecule has 2 aromatic rings. The van der Waals surface area contributed by atoms with E-state index in [2.05, 4.69) is 29.4 Å². The van der Waals surface area contributed by atoms with Gasteiger partial charge < -0.3 is 20.8 Å². The zero-order valence-corrected chi connectivity index (χ0v) is 16.6. The predicted octanol–water partition coefficient (Wildman–Crippen LogP) is 2.28. The number of aromatic amines is 2. The van der Waals surface area contributed by atoms with Crippen molar-refractivity contribution in [3.8, 4) is 5.75 Å². The number of anilines is 1. The third-order valence-electron chi connectivity index (χ3n) is 5.39. The van der Waals surface area contributed by atoms with Crippen molar-refractivity contribution in [1.82, 2.24) is 15.3 Å². The molecular formula is C21H28N4O4. The molecule has 156 valence electrons. The number of unbranched alkanes of at least 4 members (excludes halogenated alkanes) is 1. The average molecular weight is 400 g/mol. The van der Waals surface area contributed by atoms with Crippen molar-refractivity contribution in [3.63, 3.8) is 0 Å². The number of amides is 1. The molecule has 8 heteroatoms. The van der Waals surface area contributed by atoms with E-state index >= 15 is 0 Å². The molecule has 0 atom stereocenters. The van der Waals surface area contributed by atoms with Crippen LogP contribution in [0.1, 0.15) is 67.4 Å². The standard InChI is InChI=1S/C21H28N4O4/c1-2-3-12-29-16-10-6-14(7-11-16)13-4-8-15(9-5-13)23-20(27)18-17(22)19(26)25-21(28)24-18/h6-7,10-11,13,15H,2-5,8-9,12,22H2,1H3,(H,23,27)(H2,24,25,26,28)/t13-,15+. The molecule has 1 aliphatic rings. The second-order valence-electron chi connectivity index (χ2n) is 7.49. The highest BCUT2D eigenvalue weighted by Crippen LogP contribution is 2.33. The minimum atomic E-state index is -0.760. The number of hydrogen-bond donors (Lipinski definition) is 4. The Kier molecular flexibility index (Phi) is 6.74. The Bertz CT molecular complexity index is 940. The van der Waals surface area contributed by atoms with E-state index in [4.69, 9.17) is 10.5 Å². The first-order valence-electron chi connectivity index (χ1n) is 10.1. The van der Waals surface area contributed by atoms with Gasteiger partial charge in [-0.05, 0) is 55.7 Å². The summed E-state index contributed by atoms with van der Waals surface area (Å²) in [5, 5.41) is 2.88. The van der Waals surface area contributed by atoms with Gasteiger partial charge in [-0.1, -0.05) is 25.5 Å². The van der Waals surface area contributed by atoms with Crippen molar-refractivity contribution >= 4 is 11.6 Å². The van der Waals surface area contributed by atoms with Crippen LogP contribution in [0.25, 0.3) is 0 Å². The Hall–Kier alpha value is -3.03. The van der Waals surface area contributed by atoms with Crippen molar-refractivity contribution < 1.29 is 9.53 Å². The van der Waals surface area contributed by atoms with Gasteiger partial charge in [-0.15, -0.1) is 0 Å². The topological polar surface area (TPSA) is 130 Å².